The zero-order valence-corrected chi connectivity index (χ0v) is 57.7. The van der Waals surface area contributed by atoms with Crippen molar-refractivity contribution in [3.05, 3.63) is 214 Å². The highest BCUT2D eigenvalue weighted by Gasteiger charge is 2.36. The van der Waals surface area contributed by atoms with Crippen molar-refractivity contribution in [2.75, 3.05) is 105 Å². The van der Waals surface area contributed by atoms with E-state index >= 15 is 0 Å². The molecule has 7 aromatic carbocycles. The minimum absolute atomic E-state index is 0.0125. The normalized spacial score (nSPS) is 17.9. The molecule has 2 fully saturated rings. The molecule has 0 radical (unpaired) electrons. The summed E-state index contributed by atoms with van der Waals surface area (Å²) in [6.45, 7) is 9.54. The summed E-state index contributed by atoms with van der Waals surface area (Å²) in [5.74, 6) is 0. The number of aryl methyl sites for hydroxylation is 6. The van der Waals surface area contributed by atoms with Gasteiger partial charge in [-0.25, -0.2) is 50.5 Å². The molecule has 0 amide bonds. The maximum Gasteiger partial charge on any atom is 0.243 e. The predicted molar refractivity (Wildman–Crippen MR) is 357 cm³/mol. The van der Waals surface area contributed by atoms with Crippen LogP contribution in [0.5, 0.6) is 0 Å². The summed E-state index contributed by atoms with van der Waals surface area (Å²) in [7, 11) is -25.4. The molecule has 7 aromatic rings. The zero-order chi connectivity index (χ0) is 66.2. The third kappa shape index (κ3) is 17.1. The van der Waals surface area contributed by atoms with Gasteiger partial charge < -0.3 is 0 Å². The van der Waals surface area contributed by atoms with E-state index in [0.717, 1.165) is 53.1 Å². The second-order valence-corrected chi connectivity index (χ2v) is 35.3. The molecule has 2 aliphatic heterocycles. The molecular formula is C66H82N8O12S6. The van der Waals surface area contributed by atoms with Crippen LogP contribution in [0.25, 0.3) is 0 Å². The van der Waals surface area contributed by atoms with Crippen molar-refractivity contribution in [3.63, 3.8) is 0 Å². The molecule has 0 atom stereocenters. The SMILES string of the molecule is Cc1ccc(S(=O)(=O)N2CCN(Cc3ccc(CN4CCN(S(=O)(=O)c5ccc(C)cc5)CCN(S(=O)(=O)c5ccc(C)cc5)CCN(S(=O)(=O)c5ccc(C)cc5)CC4)cc3)CCN(S(=O)(=O)c3ccc(C)cc3)CCN(S(=O)(=O)c3ccc(C)cc3)CC2)cc1. The van der Waals surface area contributed by atoms with Crippen molar-refractivity contribution in [2.24, 2.45) is 0 Å². The summed E-state index contributed by atoms with van der Waals surface area (Å²) in [6.07, 6.45) is 0. The molecule has 2 saturated heterocycles. The first-order valence-electron chi connectivity index (χ1n) is 30.5. The molecular weight excluding hydrogens is 1290 g/mol. The van der Waals surface area contributed by atoms with Crippen molar-refractivity contribution >= 4 is 60.1 Å². The minimum Gasteiger partial charge on any atom is -0.296 e. The van der Waals surface area contributed by atoms with Gasteiger partial charge in [0.1, 0.15) is 0 Å². The third-order valence-corrected chi connectivity index (χ3v) is 28.3. The van der Waals surface area contributed by atoms with Crippen LogP contribution in [0.1, 0.15) is 44.5 Å². The van der Waals surface area contributed by atoms with Gasteiger partial charge in [-0.1, -0.05) is 130 Å². The van der Waals surface area contributed by atoms with Gasteiger partial charge >= 0.3 is 0 Å². The quantitative estimate of drug-likeness (QED) is 0.0924. The van der Waals surface area contributed by atoms with E-state index in [1.54, 1.807) is 72.8 Å². The predicted octanol–water partition coefficient (Wildman–Crippen LogP) is 7.31. The number of hydrogen-bond acceptors (Lipinski definition) is 14. The van der Waals surface area contributed by atoms with Crippen LogP contribution in [0, 0.1) is 41.5 Å². The second kappa shape index (κ2) is 29.7. The van der Waals surface area contributed by atoms with Crippen LogP contribution in [0.3, 0.4) is 0 Å². The molecule has 92 heavy (non-hydrogen) atoms. The van der Waals surface area contributed by atoms with Gasteiger partial charge in [-0.05, 0) is 125 Å². The summed E-state index contributed by atoms with van der Waals surface area (Å²) in [6, 6.07) is 46.0. The van der Waals surface area contributed by atoms with Gasteiger partial charge in [-0.3, -0.25) is 9.80 Å². The topological polar surface area (TPSA) is 231 Å². The minimum atomic E-state index is -4.27. The standard InChI is InChI=1S/C66H82N8O12S6/c1-53-7-23-61(24-8-53)87(75,76)69-39-35-67(36-40-70(88(77,78)62-25-9-54(2)10-26-62)44-48-73(47-43-69)91(83,84)65-31-15-57(5)16-32-65)51-59-19-21-60(22-20-59)52-68-37-41-71(89(79,80)63-27-11-55(3)12-28-63)45-49-74(92(85,86)66-33-17-58(6)18-34-66)50-46-72(42-38-68)90(81,82)64-29-13-56(4)14-30-64/h7-34H,35-52H2,1-6H3. The van der Waals surface area contributed by atoms with E-state index in [1.165, 1.54) is 90.0 Å². The highest BCUT2D eigenvalue weighted by atomic mass is 32.2. The molecule has 0 N–H and O–H groups in total. The summed E-state index contributed by atoms with van der Waals surface area (Å²) >= 11 is 0. The highest BCUT2D eigenvalue weighted by Crippen LogP contribution is 2.27. The molecule has 9 rings (SSSR count). The molecule has 0 aromatic heterocycles. The number of rotatable bonds is 16. The van der Waals surface area contributed by atoms with Gasteiger partial charge in [0.2, 0.25) is 60.1 Å². The van der Waals surface area contributed by atoms with E-state index < -0.39 is 60.1 Å². The average Bonchev–Trinajstić information content (AvgIpc) is 0.929. The van der Waals surface area contributed by atoms with Crippen LogP contribution in [-0.4, -0.2) is 191 Å². The van der Waals surface area contributed by atoms with E-state index in [1.807, 2.05) is 75.6 Å². The van der Waals surface area contributed by atoms with Gasteiger partial charge in [-0.2, -0.15) is 25.8 Å². The first-order valence-corrected chi connectivity index (χ1v) is 39.1. The molecule has 494 valence electrons. The Hall–Kier alpha value is -6.08. The third-order valence-electron chi connectivity index (χ3n) is 16.8. The van der Waals surface area contributed by atoms with Crippen LogP contribution in [0.4, 0.5) is 0 Å². The largest absolute Gasteiger partial charge is 0.296 e. The van der Waals surface area contributed by atoms with Crippen molar-refractivity contribution in [3.8, 4) is 0 Å². The second-order valence-electron chi connectivity index (χ2n) is 23.7. The number of nitrogens with zero attached hydrogens (tertiary/aromatic N) is 8. The van der Waals surface area contributed by atoms with E-state index in [4.69, 9.17) is 0 Å². The van der Waals surface area contributed by atoms with Crippen LogP contribution in [0.15, 0.2) is 199 Å². The van der Waals surface area contributed by atoms with Crippen LogP contribution >= 0.6 is 0 Å². The van der Waals surface area contributed by atoms with E-state index in [2.05, 4.69) is 0 Å². The van der Waals surface area contributed by atoms with Crippen LogP contribution in [-0.2, 0) is 73.2 Å². The Balaban J connectivity index is 1.02. The molecule has 0 bridgehead atoms. The van der Waals surface area contributed by atoms with Gasteiger partial charge in [-0.15, -0.1) is 0 Å². The maximum absolute atomic E-state index is 14.7. The molecule has 0 saturated carbocycles. The van der Waals surface area contributed by atoms with Crippen molar-refractivity contribution in [1.82, 2.24) is 35.6 Å². The maximum atomic E-state index is 14.7. The van der Waals surface area contributed by atoms with E-state index in [9.17, 15) is 50.5 Å². The highest BCUT2D eigenvalue weighted by molar-refractivity contribution is 7.90. The van der Waals surface area contributed by atoms with E-state index in [0.29, 0.717) is 0 Å². The summed E-state index contributed by atoms with van der Waals surface area (Å²) < 4.78 is 183. The first-order chi connectivity index (χ1) is 43.5. The molecule has 2 aliphatic rings. The molecule has 0 unspecified atom stereocenters. The van der Waals surface area contributed by atoms with Crippen LogP contribution < -0.4 is 0 Å². The van der Waals surface area contributed by atoms with Crippen molar-refractivity contribution in [2.45, 2.75) is 84.0 Å². The Labute approximate surface area is 545 Å². The molecule has 0 aliphatic carbocycles. The molecule has 26 heteroatoms. The fourth-order valence-corrected chi connectivity index (χ4v) is 19.5. The van der Waals surface area contributed by atoms with Gasteiger partial charge in [0.25, 0.3) is 0 Å². The zero-order valence-electron chi connectivity index (χ0n) is 52.8. The first kappa shape index (κ1) is 70.2. The fraction of sp³-hybridized carbons (Fsp3) is 0.364. The lowest BCUT2D eigenvalue weighted by Crippen LogP contribution is -2.49. The van der Waals surface area contributed by atoms with Gasteiger partial charge in [0.15, 0.2) is 0 Å². The van der Waals surface area contributed by atoms with Crippen molar-refractivity contribution in [1.29, 1.82) is 0 Å². The fourth-order valence-electron chi connectivity index (χ4n) is 11.0. The lowest BCUT2D eigenvalue weighted by Gasteiger charge is -2.34. The molecule has 0 spiro atoms. The summed E-state index contributed by atoms with van der Waals surface area (Å²) in [5, 5.41) is 0. The van der Waals surface area contributed by atoms with Gasteiger partial charge in [0.05, 0.1) is 29.4 Å². The lowest BCUT2D eigenvalue weighted by molar-refractivity contribution is 0.208. The Morgan fingerprint density at radius 1 is 0.207 bits per heavy atom. The van der Waals surface area contributed by atoms with E-state index in [-0.39, 0.29) is 147 Å². The smallest absolute Gasteiger partial charge is 0.243 e. The van der Waals surface area contributed by atoms with Crippen molar-refractivity contribution < 1.29 is 50.5 Å². The summed E-state index contributed by atoms with van der Waals surface area (Å²) in [5.41, 5.74) is 6.66. The Kier molecular flexibility index (Phi) is 22.7. The Morgan fingerprint density at radius 2 is 0.337 bits per heavy atom. The lowest BCUT2D eigenvalue weighted by atomic mass is 10.1. The molecule has 2 heterocycles. The number of hydrogen-bond donors (Lipinski definition) is 0. The monoisotopic (exact) mass is 1370 g/mol. The average molecular weight is 1370 g/mol. The molecule has 20 nitrogen and oxygen atoms in total. The Morgan fingerprint density at radius 3 is 0.478 bits per heavy atom. The van der Waals surface area contributed by atoms with Crippen LogP contribution in [0.2, 0.25) is 0 Å². The number of benzene rings is 7. The summed E-state index contributed by atoms with van der Waals surface area (Å²) in [4.78, 5) is 4.07. The van der Waals surface area contributed by atoms with Gasteiger partial charge in [0, 0.05) is 118 Å². The Bertz CT molecular complexity index is 3900. The number of sulfonamides is 6.